The third kappa shape index (κ3) is 5.91. The van der Waals surface area contributed by atoms with Crippen LogP contribution in [-0.4, -0.2) is 42.8 Å². The number of hydrogen-bond donors (Lipinski definition) is 2. The van der Waals surface area contributed by atoms with Crippen molar-refractivity contribution in [2.75, 3.05) is 25.5 Å². The first-order chi connectivity index (χ1) is 12.8. The van der Waals surface area contributed by atoms with Gasteiger partial charge in [0.2, 0.25) is 11.8 Å². The van der Waals surface area contributed by atoms with E-state index in [0.29, 0.717) is 11.3 Å². The van der Waals surface area contributed by atoms with Gasteiger partial charge in [-0.15, -0.1) is 0 Å². The number of nitrogens with zero attached hydrogens (tertiary/aromatic N) is 1. The van der Waals surface area contributed by atoms with E-state index in [9.17, 15) is 18.8 Å². The van der Waals surface area contributed by atoms with Crippen LogP contribution in [0.4, 0.5) is 10.1 Å². The third-order valence-corrected chi connectivity index (χ3v) is 4.08. The molecule has 0 aliphatic rings. The molecule has 3 amide bonds. The summed E-state index contributed by atoms with van der Waals surface area (Å²) >= 11 is 0. The summed E-state index contributed by atoms with van der Waals surface area (Å²) in [5.74, 6) is -1.70. The number of halogens is 1. The molecule has 0 bridgehead atoms. The quantitative estimate of drug-likeness (QED) is 0.818. The van der Waals surface area contributed by atoms with Gasteiger partial charge in [0.25, 0.3) is 5.91 Å². The van der Waals surface area contributed by atoms with Crippen LogP contribution in [0.5, 0.6) is 0 Å². The molecule has 2 aromatic rings. The Kier molecular flexibility index (Phi) is 6.65. The molecule has 0 heterocycles. The Hall–Kier alpha value is -3.22. The minimum absolute atomic E-state index is 0.213. The number of anilines is 1. The van der Waals surface area contributed by atoms with Crippen LogP contribution in [0.3, 0.4) is 0 Å². The second-order valence-corrected chi connectivity index (χ2v) is 6.29. The predicted octanol–water partition coefficient (Wildman–Crippen LogP) is 2.27. The van der Waals surface area contributed by atoms with Crippen molar-refractivity contribution in [2.45, 2.75) is 13.8 Å². The van der Waals surface area contributed by atoms with Gasteiger partial charge in [0.05, 0.1) is 13.1 Å². The number of aryl methyl sites for hydroxylation is 2. The molecule has 0 aliphatic heterocycles. The minimum atomic E-state index is -0.466. The normalized spacial score (nSPS) is 10.2. The lowest BCUT2D eigenvalue weighted by molar-refractivity contribution is -0.132. The van der Waals surface area contributed by atoms with Crippen molar-refractivity contribution in [1.82, 2.24) is 10.2 Å². The molecule has 7 heteroatoms. The lowest BCUT2D eigenvalue weighted by Crippen LogP contribution is -2.41. The Balaban J connectivity index is 1.83. The molecular formula is C20H22FN3O3. The standard InChI is InChI=1S/C20H22FN3O3/c1-13-7-8-15(9-14(13)2)20(27)22-11-19(26)24(3)12-18(25)23-17-6-4-5-16(21)10-17/h4-10H,11-12H2,1-3H3,(H,22,27)(H,23,25). The molecule has 0 aliphatic carbocycles. The van der Waals surface area contributed by atoms with Crippen molar-refractivity contribution in [3.05, 3.63) is 65.0 Å². The molecule has 0 saturated carbocycles. The van der Waals surface area contributed by atoms with Gasteiger partial charge in [0.15, 0.2) is 0 Å². The number of benzene rings is 2. The molecule has 142 valence electrons. The lowest BCUT2D eigenvalue weighted by atomic mass is 10.1. The molecule has 0 radical (unpaired) electrons. The molecule has 6 nitrogen and oxygen atoms in total. The van der Waals surface area contributed by atoms with Gasteiger partial charge in [-0.1, -0.05) is 12.1 Å². The number of nitrogens with one attached hydrogen (secondary N) is 2. The molecule has 0 saturated heterocycles. The maximum atomic E-state index is 13.1. The topological polar surface area (TPSA) is 78.5 Å². The van der Waals surface area contributed by atoms with Gasteiger partial charge in [-0.3, -0.25) is 14.4 Å². The second-order valence-electron chi connectivity index (χ2n) is 6.29. The van der Waals surface area contributed by atoms with Gasteiger partial charge in [0, 0.05) is 18.3 Å². The van der Waals surface area contributed by atoms with Crippen molar-refractivity contribution in [2.24, 2.45) is 0 Å². The van der Waals surface area contributed by atoms with Gasteiger partial charge in [-0.25, -0.2) is 4.39 Å². The summed E-state index contributed by atoms with van der Waals surface area (Å²) < 4.78 is 13.1. The van der Waals surface area contributed by atoms with Gasteiger partial charge < -0.3 is 15.5 Å². The van der Waals surface area contributed by atoms with Crippen molar-refractivity contribution < 1.29 is 18.8 Å². The number of carbonyl (C=O) groups excluding carboxylic acids is 3. The fraction of sp³-hybridized carbons (Fsp3) is 0.250. The Labute approximate surface area is 157 Å². The van der Waals surface area contributed by atoms with Crippen LogP contribution in [0.2, 0.25) is 0 Å². The SMILES string of the molecule is Cc1ccc(C(=O)NCC(=O)N(C)CC(=O)Nc2cccc(F)c2)cc1C. The van der Waals surface area contributed by atoms with Crippen LogP contribution in [0.25, 0.3) is 0 Å². The van der Waals surface area contributed by atoms with Crippen LogP contribution in [0.1, 0.15) is 21.5 Å². The first-order valence-electron chi connectivity index (χ1n) is 8.41. The Morgan fingerprint density at radius 2 is 1.78 bits per heavy atom. The van der Waals surface area contributed by atoms with E-state index in [0.717, 1.165) is 11.1 Å². The molecular weight excluding hydrogens is 349 g/mol. The van der Waals surface area contributed by atoms with E-state index in [1.54, 1.807) is 18.2 Å². The van der Waals surface area contributed by atoms with Crippen LogP contribution >= 0.6 is 0 Å². The van der Waals surface area contributed by atoms with E-state index in [-0.39, 0.29) is 19.0 Å². The Bertz CT molecular complexity index is 867. The number of hydrogen-bond acceptors (Lipinski definition) is 3. The Morgan fingerprint density at radius 3 is 2.44 bits per heavy atom. The second kappa shape index (κ2) is 8.93. The maximum Gasteiger partial charge on any atom is 0.251 e. The van der Waals surface area contributed by atoms with E-state index in [1.165, 1.54) is 30.1 Å². The molecule has 2 aromatic carbocycles. The first kappa shape index (κ1) is 20.1. The first-order valence-corrected chi connectivity index (χ1v) is 8.41. The van der Waals surface area contributed by atoms with Crippen LogP contribution in [-0.2, 0) is 9.59 Å². The van der Waals surface area contributed by atoms with Crippen molar-refractivity contribution >= 4 is 23.4 Å². The molecule has 0 spiro atoms. The highest BCUT2D eigenvalue weighted by Crippen LogP contribution is 2.10. The zero-order chi connectivity index (χ0) is 20.0. The maximum absolute atomic E-state index is 13.1. The minimum Gasteiger partial charge on any atom is -0.343 e. The molecule has 0 fully saturated rings. The van der Waals surface area contributed by atoms with Crippen molar-refractivity contribution in [3.8, 4) is 0 Å². The number of likely N-dealkylation sites (N-methyl/N-ethyl adjacent to an activating group) is 1. The predicted molar refractivity (Wildman–Crippen MR) is 101 cm³/mol. The summed E-state index contributed by atoms with van der Waals surface area (Å²) in [5.41, 5.74) is 2.84. The summed E-state index contributed by atoms with van der Waals surface area (Å²) in [4.78, 5) is 37.4. The van der Waals surface area contributed by atoms with E-state index < -0.39 is 17.6 Å². The van der Waals surface area contributed by atoms with Gasteiger partial charge in [0.1, 0.15) is 5.82 Å². The largest absolute Gasteiger partial charge is 0.343 e. The average Bonchev–Trinajstić information content (AvgIpc) is 2.61. The van der Waals surface area contributed by atoms with E-state index in [1.807, 2.05) is 19.9 Å². The van der Waals surface area contributed by atoms with Gasteiger partial charge >= 0.3 is 0 Å². The highest BCUT2D eigenvalue weighted by atomic mass is 19.1. The molecule has 2 N–H and O–H groups in total. The lowest BCUT2D eigenvalue weighted by Gasteiger charge is -2.17. The van der Waals surface area contributed by atoms with E-state index in [2.05, 4.69) is 10.6 Å². The molecule has 0 atom stereocenters. The van der Waals surface area contributed by atoms with Crippen LogP contribution in [0.15, 0.2) is 42.5 Å². The Morgan fingerprint density at radius 1 is 1.04 bits per heavy atom. The van der Waals surface area contributed by atoms with Crippen LogP contribution < -0.4 is 10.6 Å². The summed E-state index contributed by atoms with van der Waals surface area (Å²) in [6.07, 6.45) is 0. The summed E-state index contributed by atoms with van der Waals surface area (Å²) in [5, 5.41) is 5.06. The summed E-state index contributed by atoms with van der Waals surface area (Å²) in [6.45, 7) is 3.41. The van der Waals surface area contributed by atoms with Crippen molar-refractivity contribution in [1.29, 1.82) is 0 Å². The van der Waals surface area contributed by atoms with Crippen molar-refractivity contribution in [3.63, 3.8) is 0 Å². The molecule has 27 heavy (non-hydrogen) atoms. The van der Waals surface area contributed by atoms with Gasteiger partial charge in [-0.05, 0) is 55.3 Å². The zero-order valence-electron chi connectivity index (χ0n) is 15.5. The van der Waals surface area contributed by atoms with E-state index >= 15 is 0 Å². The molecule has 0 unspecified atom stereocenters. The number of carbonyl (C=O) groups is 3. The highest BCUT2D eigenvalue weighted by molar-refractivity contribution is 5.98. The summed E-state index contributed by atoms with van der Waals surface area (Å²) in [7, 11) is 1.45. The molecule has 2 rings (SSSR count). The number of amides is 3. The monoisotopic (exact) mass is 371 g/mol. The van der Waals surface area contributed by atoms with Gasteiger partial charge in [-0.2, -0.15) is 0 Å². The summed E-state index contributed by atoms with van der Waals surface area (Å²) in [6, 6.07) is 10.8. The third-order valence-electron chi connectivity index (χ3n) is 4.08. The fourth-order valence-electron chi connectivity index (χ4n) is 2.35. The van der Waals surface area contributed by atoms with E-state index in [4.69, 9.17) is 0 Å². The zero-order valence-corrected chi connectivity index (χ0v) is 15.5. The van der Waals surface area contributed by atoms with Crippen LogP contribution in [0, 0.1) is 19.7 Å². The number of rotatable bonds is 6. The molecule has 0 aromatic heterocycles. The highest BCUT2D eigenvalue weighted by Gasteiger charge is 2.15. The fourth-order valence-corrected chi connectivity index (χ4v) is 2.35. The smallest absolute Gasteiger partial charge is 0.251 e. The average molecular weight is 371 g/mol.